The first-order valence-corrected chi connectivity index (χ1v) is 6.65. The molecule has 0 aliphatic heterocycles. The molecular formula is C15H18F2N2O2. The molecule has 0 amide bonds. The van der Waals surface area contributed by atoms with E-state index in [1.807, 2.05) is 26.8 Å². The number of aromatic nitrogens is 2. The maximum atomic E-state index is 12.8. The van der Waals surface area contributed by atoms with Crippen LogP contribution >= 0.6 is 0 Å². The van der Waals surface area contributed by atoms with Crippen LogP contribution in [0.25, 0.3) is 5.69 Å². The van der Waals surface area contributed by atoms with Gasteiger partial charge in [0.25, 0.3) is 0 Å². The van der Waals surface area contributed by atoms with Gasteiger partial charge in [0.15, 0.2) is 0 Å². The summed E-state index contributed by atoms with van der Waals surface area (Å²) in [4.78, 5) is 0. The zero-order chi connectivity index (χ0) is 15.6. The van der Waals surface area contributed by atoms with Gasteiger partial charge in [0.2, 0.25) is 5.88 Å². The van der Waals surface area contributed by atoms with Crippen LogP contribution in [0.4, 0.5) is 8.78 Å². The first-order valence-electron chi connectivity index (χ1n) is 6.65. The van der Waals surface area contributed by atoms with Crippen LogP contribution in [0.1, 0.15) is 26.5 Å². The van der Waals surface area contributed by atoms with E-state index in [1.54, 1.807) is 16.8 Å². The fraction of sp³-hybridized carbons (Fsp3) is 0.400. The Hall–Kier alpha value is -2.11. The molecule has 4 nitrogen and oxygen atoms in total. The number of benzene rings is 1. The molecule has 21 heavy (non-hydrogen) atoms. The lowest BCUT2D eigenvalue weighted by Gasteiger charge is -2.13. The minimum Gasteiger partial charge on any atom is -0.474 e. The zero-order valence-electron chi connectivity index (χ0n) is 12.4. The van der Waals surface area contributed by atoms with Gasteiger partial charge in [0.1, 0.15) is 5.75 Å². The summed E-state index contributed by atoms with van der Waals surface area (Å²) in [5.41, 5.74) is 1.64. The lowest BCUT2D eigenvalue weighted by atomic mass is 10.3. The number of hydrogen-bond donors (Lipinski definition) is 0. The number of hydrogen-bond acceptors (Lipinski definition) is 3. The molecule has 0 atom stereocenters. The van der Waals surface area contributed by atoms with Gasteiger partial charge < -0.3 is 9.47 Å². The van der Waals surface area contributed by atoms with Crippen molar-refractivity contribution in [3.8, 4) is 17.3 Å². The van der Waals surface area contributed by atoms with Gasteiger partial charge in [-0.2, -0.15) is 8.78 Å². The molecule has 2 aromatic rings. The average molecular weight is 296 g/mol. The molecule has 6 heteroatoms. The smallest absolute Gasteiger partial charge is 0.394 e. The number of aryl methyl sites for hydroxylation is 1. The molecule has 0 saturated heterocycles. The number of nitrogens with zero attached hydrogens (tertiary/aromatic N) is 2. The predicted molar refractivity (Wildman–Crippen MR) is 75.3 cm³/mol. The third-order valence-corrected chi connectivity index (χ3v) is 2.60. The van der Waals surface area contributed by atoms with Crippen LogP contribution in [-0.2, 0) is 0 Å². The monoisotopic (exact) mass is 296 g/mol. The van der Waals surface area contributed by atoms with Gasteiger partial charge in [-0.1, -0.05) is 0 Å². The Morgan fingerprint density at radius 2 is 1.81 bits per heavy atom. The van der Waals surface area contributed by atoms with E-state index >= 15 is 0 Å². The van der Waals surface area contributed by atoms with E-state index in [0.717, 1.165) is 11.4 Å². The van der Waals surface area contributed by atoms with Crippen molar-refractivity contribution >= 4 is 0 Å². The molecule has 2 rings (SSSR count). The third kappa shape index (κ3) is 4.18. The second-order valence-electron chi connectivity index (χ2n) is 5.11. The summed E-state index contributed by atoms with van der Waals surface area (Å²) in [5.74, 6) is 0.637. The fourth-order valence-electron chi connectivity index (χ4n) is 1.87. The van der Waals surface area contributed by atoms with Crippen molar-refractivity contribution in [1.82, 2.24) is 9.78 Å². The largest absolute Gasteiger partial charge is 0.474 e. The Balaban J connectivity index is 2.20. The van der Waals surface area contributed by atoms with Gasteiger partial charge in [0.05, 0.1) is 11.8 Å². The van der Waals surface area contributed by atoms with Crippen molar-refractivity contribution in [2.45, 2.75) is 39.9 Å². The summed E-state index contributed by atoms with van der Waals surface area (Å²) in [7, 11) is 0. The Labute approximate surface area is 122 Å². The number of halogens is 2. The Morgan fingerprint density at radius 3 is 2.33 bits per heavy atom. The van der Waals surface area contributed by atoms with Crippen LogP contribution in [0.5, 0.6) is 11.6 Å². The molecule has 1 aromatic heterocycles. The topological polar surface area (TPSA) is 36.3 Å². The molecule has 0 N–H and O–H groups in total. The van der Waals surface area contributed by atoms with Crippen molar-refractivity contribution in [1.29, 1.82) is 0 Å². The normalized spacial score (nSPS) is 11.8. The molecule has 1 aromatic carbocycles. The molecule has 0 aliphatic rings. The molecule has 0 saturated carbocycles. The highest BCUT2D eigenvalue weighted by atomic mass is 19.3. The third-order valence-electron chi connectivity index (χ3n) is 2.60. The summed E-state index contributed by atoms with van der Waals surface area (Å²) in [6.07, 6.45) is -3.16. The lowest BCUT2D eigenvalue weighted by Crippen LogP contribution is -2.19. The molecule has 114 valence electrons. The van der Waals surface area contributed by atoms with E-state index in [4.69, 9.17) is 4.74 Å². The van der Waals surface area contributed by atoms with E-state index in [9.17, 15) is 8.78 Å². The van der Waals surface area contributed by atoms with Crippen LogP contribution in [0.2, 0.25) is 0 Å². The highest BCUT2D eigenvalue weighted by Crippen LogP contribution is 2.23. The molecule has 1 heterocycles. The van der Waals surface area contributed by atoms with Gasteiger partial charge in [-0.05, 0) is 45.0 Å². The predicted octanol–water partition coefficient (Wildman–Crippen LogP) is 3.96. The zero-order valence-corrected chi connectivity index (χ0v) is 12.4. The average Bonchev–Trinajstić information content (AvgIpc) is 2.68. The molecule has 0 spiro atoms. The Bertz CT molecular complexity index is 601. The molecule has 0 fully saturated rings. The van der Waals surface area contributed by atoms with Gasteiger partial charge >= 0.3 is 6.11 Å². The van der Waals surface area contributed by atoms with Crippen molar-refractivity contribution < 1.29 is 18.3 Å². The van der Waals surface area contributed by atoms with E-state index in [2.05, 4.69) is 9.84 Å². The van der Waals surface area contributed by atoms with E-state index in [0.29, 0.717) is 12.8 Å². The fourth-order valence-corrected chi connectivity index (χ4v) is 1.87. The molecule has 0 unspecified atom stereocenters. The van der Waals surface area contributed by atoms with Crippen LogP contribution < -0.4 is 9.47 Å². The Kier molecular flexibility index (Phi) is 4.16. The first kappa shape index (κ1) is 15.3. The quantitative estimate of drug-likeness (QED) is 0.838. The van der Waals surface area contributed by atoms with Gasteiger partial charge in [-0.3, -0.25) is 0 Å². The summed E-state index contributed by atoms with van der Waals surface area (Å²) < 4.78 is 37.2. The highest BCUT2D eigenvalue weighted by molar-refractivity contribution is 5.39. The number of alkyl halides is 2. The van der Waals surface area contributed by atoms with Crippen LogP contribution in [0.3, 0.4) is 0 Å². The van der Waals surface area contributed by atoms with Crippen molar-refractivity contribution in [2.24, 2.45) is 0 Å². The maximum Gasteiger partial charge on any atom is 0.394 e. The summed E-state index contributed by atoms with van der Waals surface area (Å²) in [5, 5.41) is 4.33. The van der Waals surface area contributed by atoms with Crippen LogP contribution in [0, 0.1) is 6.92 Å². The summed E-state index contributed by atoms with van der Waals surface area (Å²) >= 11 is 0. The second-order valence-corrected chi connectivity index (χ2v) is 5.11. The van der Waals surface area contributed by atoms with E-state index in [1.165, 1.54) is 12.1 Å². The molecule has 0 radical (unpaired) electrons. The second kappa shape index (κ2) is 5.71. The SMILES string of the molecule is Cc1cc(OC(C)C)nn1-c1ccc(OC(C)(F)F)cc1. The standard InChI is InChI=1S/C15H18F2N2O2/c1-10(2)20-14-9-11(3)19(18-14)12-5-7-13(8-6-12)21-15(4,16)17/h5-10H,1-4H3. The van der Waals surface area contributed by atoms with E-state index in [-0.39, 0.29) is 11.9 Å². The van der Waals surface area contributed by atoms with Crippen molar-refractivity contribution in [2.75, 3.05) is 0 Å². The number of ether oxygens (including phenoxy) is 2. The number of rotatable bonds is 5. The summed E-state index contributed by atoms with van der Waals surface area (Å²) in [6.45, 7) is 6.44. The van der Waals surface area contributed by atoms with Gasteiger partial charge in [0, 0.05) is 18.7 Å². The highest BCUT2D eigenvalue weighted by Gasteiger charge is 2.23. The lowest BCUT2D eigenvalue weighted by molar-refractivity contribution is -0.158. The van der Waals surface area contributed by atoms with Gasteiger partial charge in [-0.25, -0.2) is 4.68 Å². The molecular weight excluding hydrogens is 278 g/mol. The summed E-state index contributed by atoms with van der Waals surface area (Å²) in [6, 6.07) is 8.12. The minimum atomic E-state index is -3.19. The van der Waals surface area contributed by atoms with E-state index < -0.39 is 6.11 Å². The van der Waals surface area contributed by atoms with Crippen molar-refractivity contribution in [3.63, 3.8) is 0 Å². The molecule has 0 aliphatic carbocycles. The minimum absolute atomic E-state index is 0.0373. The molecule has 0 bridgehead atoms. The van der Waals surface area contributed by atoms with Crippen LogP contribution in [0.15, 0.2) is 30.3 Å². The van der Waals surface area contributed by atoms with Gasteiger partial charge in [-0.15, -0.1) is 5.10 Å². The van der Waals surface area contributed by atoms with Crippen LogP contribution in [-0.4, -0.2) is 22.0 Å². The first-order chi connectivity index (χ1) is 9.74. The maximum absolute atomic E-state index is 12.8. The van der Waals surface area contributed by atoms with Crippen molar-refractivity contribution in [3.05, 3.63) is 36.0 Å². The Morgan fingerprint density at radius 1 is 1.19 bits per heavy atom.